The minimum absolute atomic E-state index is 0. The molecule has 4 heterocycles. The number of ether oxygens (including phenoxy) is 3. The Morgan fingerprint density at radius 1 is 1.15 bits per heavy atom. The van der Waals surface area contributed by atoms with Gasteiger partial charge in [-0.2, -0.15) is 13.5 Å². The van der Waals surface area contributed by atoms with E-state index >= 15 is 0 Å². The molecule has 0 aromatic heterocycles. The summed E-state index contributed by atoms with van der Waals surface area (Å²) >= 11 is 0. The van der Waals surface area contributed by atoms with E-state index in [9.17, 15) is 4.79 Å². The van der Waals surface area contributed by atoms with E-state index < -0.39 is 5.41 Å². The minimum Gasteiger partial charge on any atom is -0.491 e. The van der Waals surface area contributed by atoms with Gasteiger partial charge in [0.15, 0.2) is 0 Å². The number of nitrogens with zero attached hydrogens (tertiary/aromatic N) is 1. The molecule has 180 valence electrons. The molecular weight excluding hydrogens is 460 g/mol. The van der Waals surface area contributed by atoms with Gasteiger partial charge in [0.1, 0.15) is 29.6 Å². The third-order valence-electron chi connectivity index (χ3n) is 6.85. The van der Waals surface area contributed by atoms with E-state index in [1.54, 1.807) is 0 Å². The molecule has 4 aliphatic rings. The van der Waals surface area contributed by atoms with Crippen LogP contribution >= 0.6 is 25.9 Å². The number of benzene rings is 2. The fourth-order valence-corrected chi connectivity index (χ4v) is 5.33. The molecule has 1 amide bonds. The van der Waals surface area contributed by atoms with Crippen molar-refractivity contribution in [1.82, 2.24) is 5.32 Å². The molecule has 2 aromatic carbocycles. The maximum atomic E-state index is 13.9. The monoisotopic (exact) mass is 492 g/mol. The Kier molecular flexibility index (Phi) is 7.89. The zero-order valence-electron chi connectivity index (χ0n) is 17.8. The van der Waals surface area contributed by atoms with Gasteiger partial charge in [0, 0.05) is 30.5 Å². The number of carbonyl (C=O) groups is 1. The zero-order valence-corrected chi connectivity index (χ0v) is 19.7. The average molecular weight is 493 g/mol. The molecule has 1 N–H and O–H groups in total. The summed E-state index contributed by atoms with van der Waals surface area (Å²) < 4.78 is 18.0. The number of rotatable bonds is 4. The number of nitrogens with one attached hydrogen (secondary N) is 1. The maximum absolute atomic E-state index is 13.9. The van der Waals surface area contributed by atoms with Crippen LogP contribution in [0.1, 0.15) is 37.8 Å². The molecule has 1 spiro atoms. The summed E-state index contributed by atoms with van der Waals surface area (Å²) in [7, 11) is 0. The van der Waals surface area contributed by atoms with E-state index in [4.69, 9.17) is 14.2 Å². The summed E-state index contributed by atoms with van der Waals surface area (Å²) in [4.78, 5) is 15.8. The standard InChI is InChI=1S/C24H26N2O4.CH4.ClH.H2S/c27-23-24(19-5-1-2-6-21(19)26(23)14-18-4-3-11-28-18)15-29-22-12-16(7-8-20(22)24)30-17-9-10-25-13-17;;;/h1-2,5-8,12,17-18,25H,3-4,9-11,13-15H2;1H4;1H;1H2/t17-,18+,24?;;;/m0.../s1. The van der Waals surface area contributed by atoms with Crippen molar-refractivity contribution >= 4 is 37.5 Å². The molecule has 0 radical (unpaired) electrons. The third-order valence-corrected chi connectivity index (χ3v) is 6.85. The number of hydrogen-bond donors (Lipinski definition) is 1. The molecule has 2 saturated heterocycles. The number of anilines is 1. The lowest BCUT2D eigenvalue weighted by Crippen LogP contribution is -2.44. The predicted octanol–water partition coefficient (Wildman–Crippen LogP) is 3.80. The van der Waals surface area contributed by atoms with Crippen molar-refractivity contribution in [3.05, 3.63) is 53.6 Å². The fourth-order valence-electron chi connectivity index (χ4n) is 5.33. The first-order valence-electron chi connectivity index (χ1n) is 10.9. The molecule has 33 heavy (non-hydrogen) atoms. The number of para-hydroxylation sites is 1. The van der Waals surface area contributed by atoms with Crippen molar-refractivity contribution in [2.24, 2.45) is 0 Å². The normalized spacial score (nSPS) is 26.7. The Morgan fingerprint density at radius 2 is 2.00 bits per heavy atom. The van der Waals surface area contributed by atoms with E-state index in [0.29, 0.717) is 13.2 Å². The van der Waals surface area contributed by atoms with E-state index in [0.717, 1.165) is 67.3 Å². The lowest BCUT2D eigenvalue weighted by Gasteiger charge is -2.25. The molecule has 4 aliphatic heterocycles. The smallest absolute Gasteiger partial charge is 0.245 e. The highest BCUT2D eigenvalue weighted by atomic mass is 35.5. The molecule has 2 fully saturated rings. The molecule has 1 unspecified atom stereocenters. The van der Waals surface area contributed by atoms with Crippen molar-refractivity contribution in [2.75, 3.05) is 37.7 Å². The van der Waals surface area contributed by atoms with E-state index in [1.165, 1.54) is 0 Å². The summed E-state index contributed by atoms with van der Waals surface area (Å²) in [5.74, 6) is 1.64. The largest absolute Gasteiger partial charge is 0.491 e. The van der Waals surface area contributed by atoms with Crippen LogP contribution in [0.3, 0.4) is 0 Å². The van der Waals surface area contributed by atoms with Gasteiger partial charge in [-0.3, -0.25) is 4.79 Å². The summed E-state index contributed by atoms with van der Waals surface area (Å²) in [6.07, 6.45) is 3.36. The second-order valence-corrected chi connectivity index (χ2v) is 8.65. The SMILES string of the molecule is C.Cl.O=C1N(C[C@H]2CCCO2)c2ccccc2C12COc1cc(O[C@H]3CCNC3)ccc12.S. The minimum atomic E-state index is -0.780. The van der Waals surface area contributed by atoms with Gasteiger partial charge in [-0.25, -0.2) is 0 Å². The third kappa shape index (κ3) is 4.09. The van der Waals surface area contributed by atoms with Crippen LogP contribution in [0.5, 0.6) is 11.5 Å². The number of halogens is 1. The summed E-state index contributed by atoms with van der Waals surface area (Å²) in [5, 5.41) is 3.32. The van der Waals surface area contributed by atoms with Crippen LogP contribution in [0, 0.1) is 0 Å². The van der Waals surface area contributed by atoms with Crippen LogP contribution in [-0.4, -0.2) is 51.0 Å². The lowest BCUT2D eigenvalue weighted by atomic mass is 9.77. The second kappa shape index (κ2) is 10.1. The Morgan fingerprint density at radius 3 is 2.76 bits per heavy atom. The van der Waals surface area contributed by atoms with Crippen molar-refractivity contribution < 1.29 is 19.0 Å². The van der Waals surface area contributed by atoms with Crippen molar-refractivity contribution in [1.29, 1.82) is 0 Å². The van der Waals surface area contributed by atoms with Crippen molar-refractivity contribution in [3.8, 4) is 11.5 Å². The Hall–Kier alpha value is -1.93. The fraction of sp³-hybridized carbons (Fsp3) is 0.480. The number of amides is 1. The summed E-state index contributed by atoms with van der Waals surface area (Å²) in [6.45, 7) is 3.56. The van der Waals surface area contributed by atoms with Gasteiger partial charge in [0.2, 0.25) is 5.91 Å². The molecular formula is C25H33ClN2O4S. The van der Waals surface area contributed by atoms with Crippen molar-refractivity contribution in [3.63, 3.8) is 0 Å². The highest BCUT2D eigenvalue weighted by Crippen LogP contribution is 2.53. The van der Waals surface area contributed by atoms with Crippen LogP contribution < -0.4 is 19.7 Å². The molecule has 3 atom stereocenters. The van der Waals surface area contributed by atoms with Crippen LogP contribution in [0.4, 0.5) is 5.69 Å². The van der Waals surface area contributed by atoms with Gasteiger partial charge < -0.3 is 24.4 Å². The summed E-state index contributed by atoms with van der Waals surface area (Å²) in [6, 6.07) is 14.1. The summed E-state index contributed by atoms with van der Waals surface area (Å²) in [5.41, 5.74) is 2.16. The van der Waals surface area contributed by atoms with Crippen LogP contribution in [-0.2, 0) is 14.9 Å². The Balaban J connectivity index is 0.00000102. The zero-order chi connectivity index (χ0) is 20.1. The quantitative estimate of drug-likeness (QED) is 0.703. The van der Waals surface area contributed by atoms with Gasteiger partial charge >= 0.3 is 0 Å². The Labute approximate surface area is 208 Å². The molecule has 2 aromatic rings. The topological polar surface area (TPSA) is 60.0 Å². The van der Waals surface area contributed by atoms with Gasteiger partial charge in [-0.1, -0.05) is 31.7 Å². The van der Waals surface area contributed by atoms with Gasteiger partial charge in [-0.15, -0.1) is 12.4 Å². The molecule has 0 bridgehead atoms. The molecule has 6 nitrogen and oxygen atoms in total. The van der Waals surface area contributed by atoms with Gasteiger partial charge in [0.25, 0.3) is 0 Å². The van der Waals surface area contributed by atoms with Crippen LogP contribution in [0.15, 0.2) is 42.5 Å². The highest BCUT2D eigenvalue weighted by Gasteiger charge is 2.57. The molecule has 0 saturated carbocycles. The van der Waals surface area contributed by atoms with E-state index in [2.05, 4.69) is 11.4 Å². The predicted molar refractivity (Wildman–Crippen MR) is 137 cm³/mol. The first kappa shape index (κ1) is 25.7. The second-order valence-electron chi connectivity index (χ2n) is 8.65. The first-order chi connectivity index (χ1) is 14.8. The highest BCUT2D eigenvalue weighted by molar-refractivity contribution is 7.59. The van der Waals surface area contributed by atoms with Crippen LogP contribution in [0.2, 0.25) is 0 Å². The first-order valence-corrected chi connectivity index (χ1v) is 10.9. The van der Waals surface area contributed by atoms with E-state index in [1.807, 2.05) is 41.3 Å². The average Bonchev–Trinajstić information content (AvgIpc) is 3.55. The molecule has 8 heteroatoms. The maximum Gasteiger partial charge on any atom is 0.245 e. The number of carbonyl (C=O) groups excluding carboxylic acids is 1. The van der Waals surface area contributed by atoms with Gasteiger partial charge in [-0.05, 0) is 43.5 Å². The lowest BCUT2D eigenvalue weighted by molar-refractivity contribution is -0.122. The van der Waals surface area contributed by atoms with E-state index in [-0.39, 0.29) is 51.4 Å². The van der Waals surface area contributed by atoms with Gasteiger partial charge in [0.05, 0.1) is 12.6 Å². The number of fused-ring (bicyclic) bond motifs is 4. The van der Waals surface area contributed by atoms with Crippen molar-refractivity contribution in [2.45, 2.75) is 44.3 Å². The molecule has 6 rings (SSSR count). The molecule has 0 aliphatic carbocycles. The van der Waals surface area contributed by atoms with Crippen LogP contribution in [0.25, 0.3) is 0 Å². The Bertz CT molecular complexity index is 994. The number of hydrogen-bond acceptors (Lipinski definition) is 5.